The fraction of sp³-hybridized carbons (Fsp3) is 0.143. The van der Waals surface area contributed by atoms with Crippen molar-refractivity contribution in [1.29, 1.82) is 0 Å². The molecule has 0 bridgehead atoms. The summed E-state index contributed by atoms with van der Waals surface area (Å²) in [4.78, 5) is 17.6. The van der Waals surface area contributed by atoms with Crippen molar-refractivity contribution in [2.24, 2.45) is 0 Å². The lowest BCUT2D eigenvalue weighted by Crippen LogP contribution is -2.22. The van der Waals surface area contributed by atoms with Crippen molar-refractivity contribution in [2.45, 2.75) is 5.53 Å². The summed E-state index contributed by atoms with van der Waals surface area (Å²) >= 11 is 1.93. The van der Waals surface area contributed by atoms with Crippen LogP contribution < -0.4 is 0 Å². The van der Waals surface area contributed by atoms with Gasteiger partial charge in [-0.25, -0.2) is 0 Å². The SMILES string of the molecule is O=[PH](O)OC(O)(c1cccc(I)c1)[PH](=O)O. The van der Waals surface area contributed by atoms with E-state index in [1.165, 1.54) is 18.2 Å². The van der Waals surface area contributed by atoms with Crippen LogP contribution in [0, 0.1) is 3.57 Å². The second kappa shape index (κ2) is 5.73. The minimum absolute atomic E-state index is 0.0295. The molecule has 0 aliphatic heterocycles. The molecule has 3 atom stereocenters. The average Bonchev–Trinajstić information content (AvgIpc) is 2.16. The highest BCUT2D eigenvalue weighted by Gasteiger charge is 2.38. The van der Waals surface area contributed by atoms with Gasteiger partial charge in [0.15, 0.2) is 0 Å². The third-order valence-corrected chi connectivity index (χ3v) is 4.06. The lowest BCUT2D eigenvalue weighted by molar-refractivity contribution is -0.0741. The molecule has 0 heterocycles. The molecule has 3 unspecified atom stereocenters. The van der Waals surface area contributed by atoms with Gasteiger partial charge in [0.1, 0.15) is 0 Å². The van der Waals surface area contributed by atoms with Crippen molar-refractivity contribution >= 4 is 38.9 Å². The summed E-state index contributed by atoms with van der Waals surface area (Å²) in [6, 6.07) is 5.96. The van der Waals surface area contributed by atoms with Crippen molar-refractivity contribution in [2.75, 3.05) is 0 Å². The van der Waals surface area contributed by atoms with E-state index in [1.807, 2.05) is 22.6 Å². The molecule has 9 heteroatoms. The molecule has 0 saturated carbocycles. The topological polar surface area (TPSA) is 104 Å². The van der Waals surface area contributed by atoms with Crippen molar-refractivity contribution in [3.8, 4) is 0 Å². The highest BCUT2D eigenvalue weighted by Crippen LogP contribution is 2.48. The Morgan fingerprint density at radius 3 is 2.38 bits per heavy atom. The van der Waals surface area contributed by atoms with Crippen LogP contribution in [0.4, 0.5) is 0 Å². The molecule has 16 heavy (non-hydrogen) atoms. The Balaban J connectivity index is 3.21. The van der Waals surface area contributed by atoms with Gasteiger partial charge in [0.25, 0.3) is 13.6 Å². The van der Waals surface area contributed by atoms with E-state index in [-0.39, 0.29) is 5.56 Å². The van der Waals surface area contributed by atoms with E-state index in [9.17, 15) is 14.2 Å². The zero-order valence-corrected chi connectivity index (χ0v) is 11.9. The van der Waals surface area contributed by atoms with E-state index < -0.39 is 21.8 Å². The van der Waals surface area contributed by atoms with Gasteiger partial charge in [0.2, 0.25) is 0 Å². The quantitative estimate of drug-likeness (QED) is 0.414. The zero-order valence-electron chi connectivity index (χ0n) is 7.75. The van der Waals surface area contributed by atoms with Crippen molar-refractivity contribution in [3.63, 3.8) is 0 Å². The monoisotopic (exact) mass is 378 g/mol. The lowest BCUT2D eigenvalue weighted by atomic mass is 10.2. The van der Waals surface area contributed by atoms with Crippen LogP contribution in [0.5, 0.6) is 0 Å². The zero-order chi connectivity index (χ0) is 12.3. The number of halogens is 1. The second-order valence-corrected chi connectivity index (χ2v) is 6.10. The first-order valence-electron chi connectivity index (χ1n) is 4.00. The van der Waals surface area contributed by atoms with Crippen LogP contribution in [0.1, 0.15) is 5.56 Å². The van der Waals surface area contributed by atoms with Gasteiger partial charge in [-0.2, -0.15) is 0 Å². The summed E-state index contributed by atoms with van der Waals surface area (Å²) in [6.45, 7) is 0. The highest BCUT2D eigenvalue weighted by atomic mass is 127. The molecule has 0 fully saturated rings. The number of aliphatic hydroxyl groups is 1. The van der Waals surface area contributed by atoms with Crippen LogP contribution in [0.25, 0.3) is 0 Å². The van der Waals surface area contributed by atoms with Gasteiger partial charge in [-0.3, -0.25) is 13.7 Å². The molecule has 0 amide bonds. The normalized spacial score (nSPS) is 18.8. The maximum Gasteiger partial charge on any atom is 0.319 e. The molecule has 1 aromatic rings. The van der Waals surface area contributed by atoms with Crippen LogP contribution in [0.3, 0.4) is 0 Å². The maximum absolute atomic E-state index is 11.0. The van der Waals surface area contributed by atoms with E-state index >= 15 is 0 Å². The van der Waals surface area contributed by atoms with Gasteiger partial charge in [-0.15, -0.1) is 0 Å². The van der Waals surface area contributed by atoms with Gasteiger partial charge in [-0.1, -0.05) is 12.1 Å². The van der Waals surface area contributed by atoms with Gasteiger partial charge < -0.3 is 14.9 Å². The van der Waals surface area contributed by atoms with Crippen LogP contribution in [-0.2, 0) is 19.2 Å². The van der Waals surface area contributed by atoms with Gasteiger partial charge >= 0.3 is 8.25 Å². The molecule has 0 radical (unpaired) electrons. The van der Waals surface area contributed by atoms with E-state index in [2.05, 4.69) is 4.52 Å². The molecule has 0 spiro atoms. The van der Waals surface area contributed by atoms with E-state index in [1.54, 1.807) is 6.07 Å². The molecule has 6 nitrogen and oxygen atoms in total. The van der Waals surface area contributed by atoms with Crippen LogP contribution >= 0.6 is 38.9 Å². The molecule has 90 valence electrons. The van der Waals surface area contributed by atoms with Crippen molar-refractivity contribution < 1.29 is 28.5 Å². The van der Waals surface area contributed by atoms with Crippen molar-refractivity contribution in [3.05, 3.63) is 33.4 Å². The minimum Gasteiger partial charge on any atom is -0.354 e. The predicted octanol–water partition coefficient (Wildman–Crippen LogP) is 1.26. The Morgan fingerprint density at radius 2 is 1.94 bits per heavy atom. The van der Waals surface area contributed by atoms with Crippen LogP contribution in [0.15, 0.2) is 24.3 Å². The van der Waals surface area contributed by atoms with Gasteiger partial charge in [0.05, 0.1) is 0 Å². The average molecular weight is 378 g/mol. The van der Waals surface area contributed by atoms with Gasteiger partial charge in [0, 0.05) is 9.13 Å². The van der Waals surface area contributed by atoms with Crippen LogP contribution in [0.2, 0.25) is 0 Å². The number of rotatable bonds is 4. The molecule has 0 aromatic heterocycles. The Hall–Kier alpha value is 0.250. The number of hydrogen-bond acceptors (Lipinski definition) is 4. The molecular weight excluding hydrogens is 369 g/mol. The fourth-order valence-electron chi connectivity index (χ4n) is 1.05. The molecule has 0 aliphatic rings. The number of benzene rings is 1. The Kier molecular flexibility index (Phi) is 5.12. The lowest BCUT2D eigenvalue weighted by Gasteiger charge is -2.23. The van der Waals surface area contributed by atoms with E-state index in [0.717, 1.165) is 0 Å². The summed E-state index contributed by atoms with van der Waals surface area (Å²) < 4.78 is 26.6. The maximum atomic E-state index is 11.0. The number of hydrogen-bond donors (Lipinski definition) is 3. The predicted molar refractivity (Wildman–Crippen MR) is 66.6 cm³/mol. The first kappa shape index (κ1) is 14.3. The first-order valence-corrected chi connectivity index (χ1v) is 7.70. The fourth-order valence-corrected chi connectivity index (χ4v) is 2.98. The summed E-state index contributed by atoms with van der Waals surface area (Å²) in [5, 5.41) is 9.78. The summed E-state index contributed by atoms with van der Waals surface area (Å²) in [7, 11) is -7.12. The Morgan fingerprint density at radius 1 is 1.31 bits per heavy atom. The Bertz CT molecular complexity index is 439. The summed E-state index contributed by atoms with van der Waals surface area (Å²) in [6.07, 6.45) is 0. The first-order chi connectivity index (χ1) is 7.36. The molecule has 1 aromatic carbocycles. The Labute approximate surface area is 106 Å². The smallest absolute Gasteiger partial charge is 0.319 e. The minimum atomic E-state index is -3.59. The third-order valence-electron chi connectivity index (χ3n) is 1.74. The molecule has 0 saturated heterocycles. The third kappa shape index (κ3) is 3.37. The molecular formula is C7H9IO6P2. The molecule has 0 aliphatic carbocycles. The summed E-state index contributed by atoms with van der Waals surface area (Å²) in [5.74, 6) is 0. The standard InChI is InChI=1S/C7H9IO6P2/c8-6-3-1-2-5(4-6)7(9,15(10)11)14-16(12)13/h1-4,9,15-16H,(H,10,11)(H,12,13). The van der Waals surface area contributed by atoms with E-state index in [0.29, 0.717) is 3.57 Å². The van der Waals surface area contributed by atoms with Crippen molar-refractivity contribution in [1.82, 2.24) is 0 Å². The summed E-state index contributed by atoms with van der Waals surface area (Å²) in [5.41, 5.74) is -2.64. The second-order valence-electron chi connectivity index (χ2n) is 2.83. The molecule has 1 rings (SSSR count). The van der Waals surface area contributed by atoms with Crippen LogP contribution in [-0.4, -0.2) is 14.9 Å². The highest BCUT2D eigenvalue weighted by molar-refractivity contribution is 14.1. The van der Waals surface area contributed by atoms with E-state index in [4.69, 9.17) is 9.79 Å². The molecule has 3 N–H and O–H groups in total. The van der Waals surface area contributed by atoms with Gasteiger partial charge in [-0.05, 0) is 34.7 Å². The largest absolute Gasteiger partial charge is 0.354 e.